The topological polar surface area (TPSA) is 23.5 Å². The summed E-state index contributed by atoms with van der Waals surface area (Å²) in [7, 11) is 0. The van der Waals surface area contributed by atoms with Crippen LogP contribution < -0.4 is 0 Å². The molecular formula is C8H12ClNO. The Morgan fingerprint density at radius 2 is 2.55 bits per heavy atom. The van der Waals surface area contributed by atoms with Gasteiger partial charge < -0.3 is 5.11 Å². The van der Waals surface area contributed by atoms with E-state index in [4.69, 9.17) is 11.6 Å². The summed E-state index contributed by atoms with van der Waals surface area (Å²) < 4.78 is 0. The van der Waals surface area contributed by atoms with Crippen LogP contribution in [0.1, 0.15) is 6.42 Å². The van der Waals surface area contributed by atoms with Crippen molar-refractivity contribution in [2.45, 2.75) is 18.6 Å². The van der Waals surface area contributed by atoms with E-state index in [2.05, 4.69) is 11.0 Å². The fourth-order valence-electron chi connectivity index (χ4n) is 2.01. The van der Waals surface area contributed by atoms with Crippen LogP contribution in [0.2, 0.25) is 0 Å². The van der Waals surface area contributed by atoms with E-state index in [9.17, 15) is 5.11 Å². The Bertz CT molecular complexity index is 193. The average molecular weight is 174 g/mol. The molecule has 0 aromatic heterocycles. The molecule has 1 saturated heterocycles. The SMILES string of the molecule is O[C@H]1CCN2CC=C(CCl)C12. The summed E-state index contributed by atoms with van der Waals surface area (Å²) in [5.74, 6) is 0.568. The standard InChI is InChI=1S/C8H12ClNO/c9-5-6-1-3-10-4-2-7(11)8(6)10/h1,7-8,11H,2-5H2/t7-,8?/m0/s1. The molecule has 2 nitrogen and oxygen atoms in total. The highest BCUT2D eigenvalue weighted by molar-refractivity contribution is 6.19. The van der Waals surface area contributed by atoms with E-state index in [0.717, 1.165) is 19.5 Å². The van der Waals surface area contributed by atoms with Gasteiger partial charge >= 0.3 is 0 Å². The number of fused-ring (bicyclic) bond motifs is 1. The van der Waals surface area contributed by atoms with Gasteiger partial charge in [0.05, 0.1) is 12.1 Å². The highest BCUT2D eigenvalue weighted by Crippen LogP contribution is 2.29. The van der Waals surface area contributed by atoms with E-state index >= 15 is 0 Å². The molecule has 0 aromatic carbocycles. The van der Waals surface area contributed by atoms with Gasteiger partial charge in [0.15, 0.2) is 0 Å². The quantitative estimate of drug-likeness (QED) is 0.464. The van der Waals surface area contributed by atoms with Gasteiger partial charge in [0.25, 0.3) is 0 Å². The monoisotopic (exact) mass is 173 g/mol. The summed E-state index contributed by atoms with van der Waals surface area (Å²) in [6, 6.07) is 0.243. The molecule has 0 amide bonds. The van der Waals surface area contributed by atoms with Crippen molar-refractivity contribution in [2.75, 3.05) is 19.0 Å². The second-order valence-electron chi connectivity index (χ2n) is 3.21. The number of alkyl halides is 1. The maximum Gasteiger partial charge on any atom is 0.0746 e. The smallest absolute Gasteiger partial charge is 0.0746 e. The zero-order valence-corrected chi connectivity index (χ0v) is 7.09. The van der Waals surface area contributed by atoms with E-state index in [-0.39, 0.29) is 12.1 Å². The molecule has 0 aliphatic carbocycles. The van der Waals surface area contributed by atoms with Gasteiger partial charge in [-0.25, -0.2) is 0 Å². The van der Waals surface area contributed by atoms with Gasteiger partial charge in [-0.05, 0) is 12.0 Å². The van der Waals surface area contributed by atoms with Crippen LogP contribution in [0.3, 0.4) is 0 Å². The first-order chi connectivity index (χ1) is 5.33. The normalized spacial score (nSPS) is 37.5. The summed E-state index contributed by atoms with van der Waals surface area (Å²) in [6.45, 7) is 1.99. The zero-order chi connectivity index (χ0) is 7.84. The minimum Gasteiger partial charge on any atom is -0.391 e. The van der Waals surface area contributed by atoms with Crippen molar-refractivity contribution in [3.8, 4) is 0 Å². The third-order valence-electron chi connectivity index (χ3n) is 2.59. The first-order valence-electron chi connectivity index (χ1n) is 4.00. The Labute approximate surface area is 71.4 Å². The molecule has 1 fully saturated rings. The third-order valence-corrected chi connectivity index (χ3v) is 2.90. The van der Waals surface area contributed by atoms with Crippen LogP contribution >= 0.6 is 11.6 Å². The Hall–Kier alpha value is -0.0500. The lowest BCUT2D eigenvalue weighted by Crippen LogP contribution is -2.32. The molecule has 2 aliphatic heterocycles. The van der Waals surface area contributed by atoms with E-state index in [1.54, 1.807) is 0 Å². The largest absolute Gasteiger partial charge is 0.391 e. The van der Waals surface area contributed by atoms with Crippen molar-refractivity contribution < 1.29 is 5.11 Å². The summed E-state index contributed by atoms with van der Waals surface area (Å²) in [5, 5.41) is 9.56. The summed E-state index contributed by atoms with van der Waals surface area (Å²) in [4.78, 5) is 2.28. The lowest BCUT2D eigenvalue weighted by Gasteiger charge is -2.19. The van der Waals surface area contributed by atoms with Crippen LogP contribution in [0.5, 0.6) is 0 Å². The Kier molecular flexibility index (Phi) is 1.91. The minimum atomic E-state index is -0.178. The Morgan fingerprint density at radius 1 is 1.73 bits per heavy atom. The first kappa shape index (κ1) is 7.59. The molecule has 0 spiro atoms. The predicted molar refractivity (Wildman–Crippen MR) is 44.8 cm³/mol. The van der Waals surface area contributed by atoms with Crippen molar-refractivity contribution in [3.05, 3.63) is 11.6 Å². The molecule has 2 atom stereocenters. The molecule has 0 aromatic rings. The van der Waals surface area contributed by atoms with E-state index < -0.39 is 0 Å². The molecule has 0 radical (unpaired) electrons. The minimum absolute atomic E-state index is 0.178. The molecule has 0 bridgehead atoms. The van der Waals surface area contributed by atoms with Crippen molar-refractivity contribution in [2.24, 2.45) is 0 Å². The van der Waals surface area contributed by atoms with Crippen molar-refractivity contribution in [1.29, 1.82) is 0 Å². The van der Waals surface area contributed by atoms with Gasteiger partial charge in [0, 0.05) is 19.0 Å². The highest BCUT2D eigenvalue weighted by Gasteiger charge is 2.37. The summed E-state index contributed by atoms with van der Waals surface area (Å²) >= 11 is 5.73. The Balaban J connectivity index is 2.15. The molecule has 3 heteroatoms. The van der Waals surface area contributed by atoms with E-state index in [1.807, 2.05) is 0 Å². The van der Waals surface area contributed by atoms with Crippen LogP contribution in [0.15, 0.2) is 11.6 Å². The predicted octanol–water partition coefficient (Wildman–Crippen LogP) is 0.600. The summed E-state index contributed by atoms with van der Waals surface area (Å²) in [6.07, 6.45) is 2.86. The van der Waals surface area contributed by atoms with Crippen LogP contribution in [-0.2, 0) is 0 Å². The molecule has 1 unspecified atom stereocenters. The number of halogens is 1. The number of nitrogens with zero attached hydrogens (tertiary/aromatic N) is 1. The van der Waals surface area contributed by atoms with E-state index in [1.165, 1.54) is 5.57 Å². The van der Waals surface area contributed by atoms with Crippen molar-refractivity contribution in [1.82, 2.24) is 4.90 Å². The van der Waals surface area contributed by atoms with Gasteiger partial charge in [-0.1, -0.05) is 6.08 Å². The van der Waals surface area contributed by atoms with Crippen molar-refractivity contribution in [3.63, 3.8) is 0 Å². The highest BCUT2D eigenvalue weighted by atomic mass is 35.5. The fraction of sp³-hybridized carbons (Fsp3) is 0.750. The fourth-order valence-corrected chi connectivity index (χ4v) is 2.28. The third kappa shape index (κ3) is 1.10. The lowest BCUT2D eigenvalue weighted by molar-refractivity contribution is 0.147. The number of hydrogen-bond donors (Lipinski definition) is 1. The first-order valence-corrected chi connectivity index (χ1v) is 4.53. The molecule has 1 N–H and O–H groups in total. The molecule has 2 heterocycles. The molecule has 11 heavy (non-hydrogen) atoms. The zero-order valence-electron chi connectivity index (χ0n) is 6.33. The number of aliphatic hydroxyl groups excluding tert-OH is 1. The Morgan fingerprint density at radius 3 is 3.27 bits per heavy atom. The maximum absolute atomic E-state index is 9.56. The second-order valence-corrected chi connectivity index (χ2v) is 3.48. The van der Waals surface area contributed by atoms with Crippen LogP contribution in [0.4, 0.5) is 0 Å². The van der Waals surface area contributed by atoms with Gasteiger partial charge in [-0.2, -0.15) is 0 Å². The van der Waals surface area contributed by atoms with Gasteiger partial charge in [0.1, 0.15) is 0 Å². The average Bonchev–Trinajstić information content (AvgIpc) is 2.54. The number of aliphatic hydroxyl groups is 1. The van der Waals surface area contributed by atoms with Gasteiger partial charge in [0.2, 0.25) is 0 Å². The molecule has 0 saturated carbocycles. The van der Waals surface area contributed by atoms with Crippen molar-refractivity contribution >= 4 is 11.6 Å². The van der Waals surface area contributed by atoms with Crippen LogP contribution in [0, 0.1) is 0 Å². The lowest BCUT2D eigenvalue weighted by atomic mass is 10.1. The molecule has 2 aliphatic rings. The molecule has 62 valence electrons. The molecule has 2 rings (SSSR count). The van der Waals surface area contributed by atoms with Crippen LogP contribution in [-0.4, -0.2) is 41.1 Å². The second kappa shape index (κ2) is 2.77. The number of rotatable bonds is 1. The van der Waals surface area contributed by atoms with Gasteiger partial charge in [-0.3, -0.25) is 4.90 Å². The maximum atomic E-state index is 9.56. The van der Waals surface area contributed by atoms with Crippen LogP contribution in [0.25, 0.3) is 0 Å². The van der Waals surface area contributed by atoms with E-state index in [0.29, 0.717) is 5.88 Å². The molecular weight excluding hydrogens is 162 g/mol. The summed E-state index contributed by atoms with van der Waals surface area (Å²) in [5.41, 5.74) is 1.21. The number of hydrogen-bond acceptors (Lipinski definition) is 2. The van der Waals surface area contributed by atoms with Gasteiger partial charge in [-0.15, -0.1) is 11.6 Å².